The van der Waals surface area contributed by atoms with Crippen molar-refractivity contribution in [2.24, 2.45) is 0 Å². The van der Waals surface area contributed by atoms with Crippen LogP contribution in [-0.4, -0.2) is 26.0 Å². The number of benzene rings is 1. The van der Waals surface area contributed by atoms with E-state index < -0.39 is 10.0 Å². The molecule has 1 aliphatic rings. The third-order valence-corrected chi connectivity index (χ3v) is 7.18. The van der Waals surface area contributed by atoms with Gasteiger partial charge in [0.05, 0.1) is 5.02 Å². The molecular weight excluding hydrogens is 316 g/mol. The highest BCUT2D eigenvalue weighted by atomic mass is 35.5. The summed E-state index contributed by atoms with van der Waals surface area (Å²) in [5.41, 5.74) is 6.98. The molecule has 0 aromatic heterocycles. The van der Waals surface area contributed by atoms with Gasteiger partial charge in [0.2, 0.25) is 10.0 Å². The van der Waals surface area contributed by atoms with Gasteiger partial charge in [0.25, 0.3) is 0 Å². The smallest absolute Gasteiger partial charge is 0.242 e. The molecule has 1 fully saturated rings. The van der Waals surface area contributed by atoms with E-state index in [1.165, 1.54) is 6.07 Å². The van der Waals surface area contributed by atoms with Gasteiger partial charge in [-0.05, 0) is 43.7 Å². The minimum absolute atomic E-state index is 0.0375. The lowest BCUT2D eigenvalue weighted by atomic mass is 9.84. The Kier molecular flexibility index (Phi) is 4.59. The Balaban J connectivity index is 2.20. The molecule has 0 heterocycles. The molecule has 0 unspecified atom stereocenters. The minimum atomic E-state index is -3.62. The van der Waals surface area contributed by atoms with Gasteiger partial charge in [0, 0.05) is 17.0 Å². The van der Waals surface area contributed by atoms with Gasteiger partial charge in [-0.3, -0.25) is 0 Å². The molecule has 2 rings (SSSR count). The van der Waals surface area contributed by atoms with Crippen LogP contribution in [-0.2, 0) is 10.0 Å². The van der Waals surface area contributed by atoms with Crippen LogP contribution in [0.25, 0.3) is 0 Å². The van der Waals surface area contributed by atoms with Gasteiger partial charge >= 0.3 is 0 Å². The Morgan fingerprint density at radius 1 is 1.45 bits per heavy atom. The van der Waals surface area contributed by atoms with E-state index in [-0.39, 0.29) is 14.7 Å². The largest absolute Gasteiger partial charge is 0.398 e. The van der Waals surface area contributed by atoms with E-state index in [0.29, 0.717) is 12.2 Å². The van der Waals surface area contributed by atoms with Crippen molar-refractivity contribution in [3.63, 3.8) is 0 Å². The monoisotopic (exact) mass is 334 g/mol. The average Bonchev–Trinajstić information content (AvgIpc) is 2.32. The predicted octanol–water partition coefficient (Wildman–Crippen LogP) is 2.79. The fraction of sp³-hybridized carbons (Fsp3) is 0.538. The Morgan fingerprint density at radius 3 is 2.60 bits per heavy atom. The fourth-order valence-corrected chi connectivity index (χ4v) is 4.95. The number of hydrogen-bond acceptors (Lipinski definition) is 4. The molecule has 0 atom stereocenters. The zero-order valence-corrected chi connectivity index (χ0v) is 14.0. The van der Waals surface area contributed by atoms with Crippen LogP contribution in [0.15, 0.2) is 17.0 Å². The summed E-state index contributed by atoms with van der Waals surface area (Å²) in [6, 6.07) is 3.01. The first-order valence-corrected chi connectivity index (χ1v) is 9.49. The molecular formula is C13H19ClN2O2S2. The highest BCUT2D eigenvalue weighted by Gasteiger charge is 2.37. The zero-order valence-electron chi connectivity index (χ0n) is 11.6. The number of aryl methyl sites for hydroxylation is 1. The molecule has 0 radical (unpaired) electrons. The summed E-state index contributed by atoms with van der Waals surface area (Å²) in [5.74, 6) is 0. The van der Waals surface area contributed by atoms with Crippen LogP contribution in [0.2, 0.25) is 5.02 Å². The maximum Gasteiger partial charge on any atom is 0.242 e. The lowest BCUT2D eigenvalue weighted by Crippen LogP contribution is -2.45. The molecule has 20 heavy (non-hydrogen) atoms. The van der Waals surface area contributed by atoms with E-state index in [9.17, 15) is 8.42 Å². The van der Waals surface area contributed by atoms with Crippen LogP contribution in [0, 0.1) is 6.92 Å². The van der Waals surface area contributed by atoms with Crippen molar-refractivity contribution in [2.45, 2.75) is 35.8 Å². The summed E-state index contributed by atoms with van der Waals surface area (Å²) in [6.45, 7) is 2.22. The summed E-state index contributed by atoms with van der Waals surface area (Å²) < 4.78 is 27.4. The molecule has 3 N–H and O–H groups in total. The molecule has 7 heteroatoms. The van der Waals surface area contributed by atoms with Crippen molar-refractivity contribution in [2.75, 3.05) is 18.5 Å². The van der Waals surface area contributed by atoms with Gasteiger partial charge in [-0.1, -0.05) is 18.0 Å². The number of nitrogens with two attached hydrogens (primary N) is 1. The van der Waals surface area contributed by atoms with Crippen LogP contribution in [0.1, 0.15) is 24.8 Å². The summed E-state index contributed by atoms with van der Waals surface area (Å²) in [7, 11) is -3.62. The molecule has 0 amide bonds. The Hall–Kier alpha value is -0.430. The third-order valence-electron chi connectivity index (χ3n) is 3.89. The number of nitrogens with one attached hydrogen (secondary N) is 1. The Morgan fingerprint density at radius 2 is 2.10 bits per heavy atom. The molecule has 0 aliphatic heterocycles. The second-order valence-corrected chi connectivity index (χ2v) is 8.62. The van der Waals surface area contributed by atoms with Crippen molar-refractivity contribution in [1.29, 1.82) is 0 Å². The molecule has 1 aromatic rings. The number of hydrogen-bond donors (Lipinski definition) is 2. The normalized spacial score (nSPS) is 17.8. The van der Waals surface area contributed by atoms with E-state index in [0.717, 1.165) is 24.8 Å². The predicted molar refractivity (Wildman–Crippen MR) is 85.9 cm³/mol. The molecule has 0 saturated heterocycles. The maximum absolute atomic E-state index is 12.4. The van der Waals surface area contributed by atoms with Crippen molar-refractivity contribution in [3.05, 3.63) is 22.7 Å². The lowest BCUT2D eigenvalue weighted by Gasteiger charge is -2.40. The highest BCUT2D eigenvalue weighted by molar-refractivity contribution is 8.00. The van der Waals surface area contributed by atoms with Crippen LogP contribution >= 0.6 is 23.4 Å². The first-order chi connectivity index (χ1) is 9.30. The van der Waals surface area contributed by atoms with Crippen LogP contribution in [0.5, 0.6) is 0 Å². The number of nitrogen functional groups attached to an aromatic ring is 1. The van der Waals surface area contributed by atoms with Crippen LogP contribution in [0.4, 0.5) is 5.69 Å². The first-order valence-electron chi connectivity index (χ1n) is 6.40. The van der Waals surface area contributed by atoms with E-state index >= 15 is 0 Å². The third kappa shape index (κ3) is 3.08. The van der Waals surface area contributed by atoms with Crippen molar-refractivity contribution in [3.8, 4) is 0 Å². The molecule has 1 aromatic carbocycles. The molecule has 4 nitrogen and oxygen atoms in total. The van der Waals surface area contributed by atoms with Crippen molar-refractivity contribution >= 4 is 39.1 Å². The molecule has 1 saturated carbocycles. The minimum Gasteiger partial charge on any atom is -0.398 e. The van der Waals surface area contributed by atoms with Gasteiger partial charge in [0.15, 0.2) is 0 Å². The molecule has 0 bridgehead atoms. The number of rotatable bonds is 5. The van der Waals surface area contributed by atoms with Gasteiger partial charge < -0.3 is 5.73 Å². The summed E-state index contributed by atoms with van der Waals surface area (Å²) in [4.78, 5) is 0.0536. The quantitative estimate of drug-likeness (QED) is 0.812. The van der Waals surface area contributed by atoms with Gasteiger partial charge in [-0.25, -0.2) is 13.1 Å². The Bertz CT molecular complexity index is 608. The number of anilines is 1. The Labute approximate surface area is 129 Å². The number of thioether (sulfide) groups is 1. The van der Waals surface area contributed by atoms with E-state index in [4.69, 9.17) is 17.3 Å². The topological polar surface area (TPSA) is 72.2 Å². The van der Waals surface area contributed by atoms with Gasteiger partial charge in [-0.2, -0.15) is 11.8 Å². The highest BCUT2D eigenvalue weighted by Crippen LogP contribution is 2.42. The van der Waals surface area contributed by atoms with Crippen molar-refractivity contribution < 1.29 is 8.42 Å². The second-order valence-electron chi connectivity index (χ2n) is 5.20. The summed E-state index contributed by atoms with van der Waals surface area (Å²) in [6.07, 6.45) is 5.26. The molecule has 1 aliphatic carbocycles. The lowest BCUT2D eigenvalue weighted by molar-refractivity contribution is 0.362. The van der Waals surface area contributed by atoms with Crippen LogP contribution < -0.4 is 10.5 Å². The van der Waals surface area contributed by atoms with Crippen molar-refractivity contribution in [1.82, 2.24) is 4.72 Å². The maximum atomic E-state index is 12.4. The standard InChI is InChI=1S/C13H19ClN2O2S2/c1-9-6-10(14)12(7-11(9)15)20(17,18)16-8-13(19-2)4-3-5-13/h6-7,16H,3-5,8,15H2,1-2H3. The van der Waals surface area contributed by atoms with E-state index in [1.54, 1.807) is 24.8 Å². The first kappa shape index (κ1) is 15.9. The molecule has 0 spiro atoms. The van der Waals surface area contributed by atoms with Gasteiger partial charge in [-0.15, -0.1) is 0 Å². The summed E-state index contributed by atoms with van der Waals surface area (Å²) >= 11 is 7.76. The number of halogens is 1. The second kappa shape index (κ2) is 5.75. The number of sulfonamides is 1. The summed E-state index contributed by atoms with van der Waals surface area (Å²) in [5, 5.41) is 0.205. The fourth-order valence-electron chi connectivity index (χ4n) is 2.20. The van der Waals surface area contributed by atoms with Crippen LogP contribution in [0.3, 0.4) is 0 Å². The zero-order chi connectivity index (χ0) is 15.0. The molecule has 112 valence electrons. The SMILES string of the molecule is CSC1(CNS(=O)(=O)c2cc(N)c(C)cc2Cl)CCC1. The van der Waals surface area contributed by atoms with E-state index in [1.807, 2.05) is 6.26 Å². The van der Waals surface area contributed by atoms with Gasteiger partial charge in [0.1, 0.15) is 4.90 Å². The van der Waals surface area contributed by atoms with E-state index in [2.05, 4.69) is 4.72 Å². The average molecular weight is 335 g/mol.